The fraction of sp³-hybridized carbons (Fsp3) is 0.357. The molecular formula is C14H17N4O5S+. The lowest BCUT2D eigenvalue weighted by Gasteiger charge is -2.09. The van der Waals surface area contributed by atoms with Crippen molar-refractivity contribution in [3.63, 3.8) is 0 Å². The average Bonchev–Trinajstić information content (AvgIpc) is 3.01. The van der Waals surface area contributed by atoms with Gasteiger partial charge < -0.3 is 9.84 Å². The summed E-state index contributed by atoms with van der Waals surface area (Å²) in [5.74, 6) is -0.303. The second kappa shape index (κ2) is 7.77. The van der Waals surface area contributed by atoms with E-state index in [4.69, 9.17) is 14.7 Å². The van der Waals surface area contributed by atoms with Gasteiger partial charge in [-0.25, -0.2) is 9.82 Å². The van der Waals surface area contributed by atoms with Crippen LogP contribution in [0.15, 0.2) is 23.4 Å². The summed E-state index contributed by atoms with van der Waals surface area (Å²) in [6, 6.07) is 4.92. The van der Waals surface area contributed by atoms with Gasteiger partial charge in [-0.3, -0.25) is 9.89 Å². The summed E-state index contributed by atoms with van der Waals surface area (Å²) in [5, 5.41) is 15.6. The molecule has 9 nitrogen and oxygen atoms in total. The quantitative estimate of drug-likeness (QED) is 0.549. The Morgan fingerprint density at radius 2 is 2.21 bits per heavy atom. The van der Waals surface area contributed by atoms with E-state index in [0.29, 0.717) is 27.2 Å². The molecule has 0 unspecified atom stereocenters. The van der Waals surface area contributed by atoms with Crippen LogP contribution in [0.5, 0.6) is 5.75 Å². The third kappa shape index (κ3) is 4.44. The Morgan fingerprint density at radius 3 is 2.83 bits per heavy atom. The number of aromatic amines is 1. The number of hydrogen-bond donors (Lipinski definition) is 2. The summed E-state index contributed by atoms with van der Waals surface area (Å²) >= 11 is 0.996. The van der Waals surface area contributed by atoms with Crippen molar-refractivity contribution < 1.29 is 24.4 Å². The third-order valence-electron chi connectivity index (χ3n) is 2.75. The van der Waals surface area contributed by atoms with Crippen molar-refractivity contribution >= 4 is 23.4 Å². The van der Waals surface area contributed by atoms with Crippen LogP contribution in [0.25, 0.3) is 11.4 Å². The molecule has 1 aromatic heterocycles. The van der Waals surface area contributed by atoms with E-state index in [9.17, 15) is 9.70 Å². The van der Waals surface area contributed by atoms with E-state index < -0.39 is 5.97 Å². The molecule has 2 N–H and O–H groups in total. The number of nitrogens with zero attached hydrogens (tertiary/aromatic N) is 3. The number of aliphatic carboxylic acids is 1. The van der Waals surface area contributed by atoms with E-state index in [2.05, 4.69) is 15.2 Å². The number of hydrogen-bond acceptors (Lipinski definition) is 7. The second-order valence-corrected chi connectivity index (χ2v) is 5.88. The molecule has 10 heteroatoms. The summed E-state index contributed by atoms with van der Waals surface area (Å²) in [6.45, 7) is 3.70. The van der Waals surface area contributed by atoms with Crippen molar-refractivity contribution in [2.45, 2.75) is 25.1 Å². The Bertz CT molecular complexity index is 747. The van der Waals surface area contributed by atoms with E-state index in [1.807, 2.05) is 13.8 Å². The van der Waals surface area contributed by atoms with Crippen LogP contribution < -0.4 is 4.74 Å². The smallest absolute Gasteiger partial charge is 0.358 e. The van der Waals surface area contributed by atoms with Crippen LogP contribution in [-0.2, 0) is 9.63 Å². The van der Waals surface area contributed by atoms with Crippen molar-refractivity contribution in [1.29, 1.82) is 0 Å². The van der Waals surface area contributed by atoms with Gasteiger partial charge in [0.25, 0.3) is 4.92 Å². The van der Waals surface area contributed by atoms with E-state index in [1.54, 1.807) is 18.2 Å². The molecule has 24 heavy (non-hydrogen) atoms. The van der Waals surface area contributed by atoms with Gasteiger partial charge in [-0.2, -0.15) is 0 Å². The first-order valence-corrected chi connectivity index (χ1v) is 7.98. The molecule has 0 bridgehead atoms. The highest BCUT2D eigenvalue weighted by Crippen LogP contribution is 2.32. The summed E-state index contributed by atoms with van der Waals surface area (Å²) in [5.41, 5.74) is 0.786. The fourth-order valence-corrected chi connectivity index (χ4v) is 2.34. The number of carbonyl (C=O) groups is 1. The summed E-state index contributed by atoms with van der Waals surface area (Å²) in [7, 11) is 1.26. The highest BCUT2D eigenvalue weighted by Gasteiger charge is 2.24. The Labute approximate surface area is 141 Å². The molecule has 0 spiro atoms. The van der Waals surface area contributed by atoms with Gasteiger partial charge in [0.2, 0.25) is 10.9 Å². The molecule has 0 amide bonds. The molecule has 0 aliphatic carbocycles. The van der Waals surface area contributed by atoms with E-state index in [1.165, 1.54) is 7.11 Å². The predicted molar refractivity (Wildman–Crippen MR) is 86.2 cm³/mol. The predicted octanol–water partition coefficient (Wildman–Crippen LogP) is 2.41. The minimum atomic E-state index is -0.953. The fourth-order valence-electron chi connectivity index (χ4n) is 1.83. The number of H-pyrrole nitrogens is 1. The normalized spacial score (nSPS) is 10.7. The topological polar surface area (TPSA) is 117 Å². The molecule has 2 aromatic rings. The van der Waals surface area contributed by atoms with Crippen LogP contribution in [0, 0.1) is 4.91 Å². The van der Waals surface area contributed by atoms with Gasteiger partial charge in [-0.1, -0.05) is 11.8 Å². The molecular weight excluding hydrogens is 336 g/mol. The number of carboxylic acids is 1. The van der Waals surface area contributed by atoms with Gasteiger partial charge in [-0.15, -0.1) is 5.10 Å². The van der Waals surface area contributed by atoms with E-state index in [0.717, 1.165) is 11.8 Å². The molecule has 1 aromatic carbocycles. The summed E-state index contributed by atoms with van der Waals surface area (Å²) in [4.78, 5) is 31.7. The number of carboxylic acid groups (broad SMARTS) is 1. The zero-order chi connectivity index (χ0) is 17.7. The first-order valence-electron chi connectivity index (χ1n) is 7.00. The SMILES string of the molecule is CO[N+](=O)c1cc(-c2nc(SCC(=O)O)n[nH]2)ccc1OC(C)C. The highest BCUT2D eigenvalue weighted by molar-refractivity contribution is 7.99. The molecule has 0 aliphatic heterocycles. The first kappa shape index (κ1) is 17.7. The van der Waals surface area contributed by atoms with Gasteiger partial charge >= 0.3 is 11.7 Å². The number of thioether (sulfide) groups is 1. The Morgan fingerprint density at radius 1 is 1.46 bits per heavy atom. The standard InChI is InChI=1S/C14H16N4O5S/c1-8(2)23-11-5-4-9(6-10(11)18(21)22-3)13-15-14(17-16-13)24-7-12(19)20/h4-6,8H,7H2,1-3H3,(H-,15,16,17,19,20)/p+1. The van der Waals surface area contributed by atoms with Gasteiger partial charge in [0.05, 0.1) is 16.8 Å². The number of nitrogens with one attached hydrogen (secondary N) is 1. The zero-order valence-electron chi connectivity index (χ0n) is 13.3. The van der Waals surface area contributed by atoms with Gasteiger partial charge in [0.15, 0.2) is 12.9 Å². The third-order valence-corrected chi connectivity index (χ3v) is 3.58. The molecule has 0 saturated heterocycles. The highest BCUT2D eigenvalue weighted by atomic mass is 32.2. The van der Waals surface area contributed by atoms with Crippen molar-refractivity contribution in [3.05, 3.63) is 23.1 Å². The van der Waals surface area contributed by atoms with Crippen molar-refractivity contribution in [3.8, 4) is 17.1 Å². The lowest BCUT2D eigenvalue weighted by molar-refractivity contribution is -0.736. The largest absolute Gasteiger partial charge is 0.484 e. The molecule has 0 fully saturated rings. The molecule has 0 aliphatic rings. The maximum atomic E-state index is 11.9. The molecule has 2 rings (SSSR count). The zero-order valence-corrected chi connectivity index (χ0v) is 14.2. The Hall–Kier alpha value is -2.62. The van der Waals surface area contributed by atoms with Crippen LogP contribution in [-0.4, -0.2) is 50.1 Å². The van der Waals surface area contributed by atoms with E-state index >= 15 is 0 Å². The molecule has 1 heterocycles. The Balaban J connectivity index is 2.30. The number of rotatable bonds is 8. The number of aromatic nitrogens is 3. The van der Waals surface area contributed by atoms with Crippen LogP contribution in [0.2, 0.25) is 0 Å². The van der Waals surface area contributed by atoms with Crippen LogP contribution >= 0.6 is 11.8 Å². The van der Waals surface area contributed by atoms with Crippen molar-refractivity contribution in [2.75, 3.05) is 12.9 Å². The minimum absolute atomic E-state index is 0.107. The van der Waals surface area contributed by atoms with Gasteiger partial charge in [0.1, 0.15) is 0 Å². The first-order chi connectivity index (χ1) is 11.4. The average molecular weight is 353 g/mol. The van der Waals surface area contributed by atoms with E-state index in [-0.39, 0.29) is 17.5 Å². The number of ether oxygens (including phenoxy) is 1. The Kier molecular flexibility index (Phi) is 5.74. The van der Waals surface area contributed by atoms with Crippen LogP contribution in [0.4, 0.5) is 5.69 Å². The summed E-state index contributed by atoms with van der Waals surface area (Å²) in [6.07, 6.45) is -0.107. The molecule has 0 atom stereocenters. The summed E-state index contributed by atoms with van der Waals surface area (Å²) < 4.78 is 5.59. The van der Waals surface area contributed by atoms with Gasteiger partial charge in [0, 0.05) is 11.6 Å². The molecule has 0 saturated carbocycles. The van der Waals surface area contributed by atoms with Crippen molar-refractivity contribution in [1.82, 2.24) is 15.2 Å². The number of benzene rings is 1. The minimum Gasteiger partial charge on any atom is -0.484 e. The van der Waals surface area contributed by atoms with Crippen LogP contribution in [0.1, 0.15) is 13.8 Å². The monoisotopic (exact) mass is 353 g/mol. The lowest BCUT2D eigenvalue weighted by Crippen LogP contribution is -2.09. The van der Waals surface area contributed by atoms with Gasteiger partial charge in [-0.05, 0) is 26.0 Å². The maximum absolute atomic E-state index is 11.9. The molecule has 128 valence electrons. The maximum Gasteiger partial charge on any atom is 0.358 e. The molecule has 0 radical (unpaired) electrons. The second-order valence-electron chi connectivity index (χ2n) is 4.94. The van der Waals surface area contributed by atoms with Crippen LogP contribution in [0.3, 0.4) is 0 Å². The lowest BCUT2D eigenvalue weighted by atomic mass is 10.2. The van der Waals surface area contributed by atoms with Crippen molar-refractivity contribution in [2.24, 2.45) is 0 Å².